The number of nitrogens with one attached hydrogen (secondary N) is 2. The largest absolute Gasteiger partial charge is 0.367 e. The van der Waals surface area contributed by atoms with Crippen molar-refractivity contribution in [3.8, 4) is 0 Å². The third-order valence-corrected chi connectivity index (χ3v) is 3.89. The molecular weight excluding hydrogens is 322 g/mol. The van der Waals surface area contributed by atoms with E-state index in [-0.39, 0.29) is 6.17 Å². The van der Waals surface area contributed by atoms with Crippen LogP contribution < -0.4 is 10.8 Å². The Morgan fingerprint density at radius 3 is 2.91 bits per heavy atom. The molecule has 2 aromatic rings. The molecule has 0 saturated heterocycles. The van der Waals surface area contributed by atoms with Crippen LogP contribution in [0.4, 0.5) is 0 Å². The molecule has 1 unspecified atom stereocenters. The molecule has 7 heteroatoms. The summed E-state index contributed by atoms with van der Waals surface area (Å²) in [4.78, 5) is 10.3. The van der Waals surface area contributed by atoms with E-state index in [4.69, 9.17) is 20.9 Å². The topological polar surface area (TPSA) is 55.4 Å². The highest BCUT2D eigenvalue weighted by molar-refractivity contribution is 7.94. The Kier molecular flexibility index (Phi) is 4.97. The van der Waals surface area contributed by atoms with Crippen molar-refractivity contribution < 1.29 is 9.32 Å². The lowest BCUT2D eigenvalue weighted by Gasteiger charge is -2.25. The Bertz CT molecular complexity index is 679. The Morgan fingerprint density at radius 1 is 1.27 bits per heavy atom. The van der Waals surface area contributed by atoms with Crippen LogP contribution >= 0.6 is 23.6 Å². The van der Waals surface area contributed by atoms with Crippen molar-refractivity contribution >= 4 is 29.7 Å². The lowest BCUT2D eigenvalue weighted by molar-refractivity contribution is -0.257. The van der Waals surface area contributed by atoms with Gasteiger partial charge in [0.1, 0.15) is 6.17 Å². The van der Waals surface area contributed by atoms with Gasteiger partial charge in [-0.05, 0) is 43.3 Å². The first-order valence-electron chi connectivity index (χ1n) is 6.63. The van der Waals surface area contributed by atoms with Crippen LogP contribution in [0.1, 0.15) is 24.3 Å². The lowest BCUT2D eigenvalue weighted by atomic mass is 10.1. The van der Waals surface area contributed by atoms with Crippen molar-refractivity contribution in [3.63, 3.8) is 0 Å². The highest BCUT2D eigenvalue weighted by Gasteiger charge is 2.20. The highest BCUT2D eigenvalue weighted by atomic mass is 35.5. The lowest BCUT2D eigenvalue weighted by Crippen LogP contribution is -2.36. The molecule has 1 aliphatic heterocycles. The molecule has 0 radical (unpaired) electrons. The molecule has 1 aromatic heterocycles. The quantitative estimate of drug-likeness (QED) is 0.374. The number of aromatic nitrogens is 1. The summed E-state index contributed by atoms with van der Waals surface area (Å²) in [6.45, 7) is 1.98. The van der Waals surface area contributed by atoms with Crippen LogP contribution in [0.5, 0.6) is 0 Å². The molecule has 1 aliphatic rings. The van der Waals surface area contributed by atoms with Gasteiger partial charge in [0.15, 0.2) is 0 Å². The van der Waals surface area contributed by atoms with Gasteiger partial charge in [-0.25, -0.2) is 0 Å². The normalized spacial score (nSPS) is 16.6. The van der Waals surface area contributed by atoms with Crippen molar-refractivity contribution in [2.75, 3.05) is 0 Å². The van der Waals surface area contributed by atoms with E-state index in [2.05, 4.69) is 15.8 Å². The zero-order valence-corrected chi connectivity index (χ0v) is 13.3. The fourth-order valence-electron chi connectivity index (χ4n) is 2.06. The first-order valence-corrected chi connectivity index (χ1v) is 7.75. The fourth-order valence-corrected chi connectivity index (χ4v) is 2.59. The molecule has 0 aliphatic carbocycles. The average Bonchev–Trinajstić information content (AvgIpc) is 2.53. The third kappa shape index (κ3) is 3.79. The van der Waals surface area contributed by atoms with Gasteiger partial charge in [0.2, 0.25) is 0 Å². The molecule has 0 fully saturated rings. The number of hydroxylamine groups is 1. The molecule has 2 heterocycles. The Balaban J connectivity index is 1.54. The van der Waals surface area contributed by atoms with Crippen LogP contribution in [-0.4, -0.2) is 4.98 Å². The highest BCUT2D eigenvalue weighted by Crippen LogP contribution is 2.24. The van der Waals surface area contributed by atoms with Gasteiger partial charge in [-0.15, -0.1) is 14.8 Å². The van der Waals surface area contributed by atoms with Gasteiger partial charge in [-0.3, -0.25) is 4.98 Å². The summed E-state index contributed by atoms with van der Waals surface area (Å²) in [5.41, 5.74) is 5.73. The average molecular weight is 336 g/mol. The predicted molar refractivity (Wildman–Crippen MR) is 86.4 cm³/mol. The van der Waals surface area contributed by atoms with Gasteiger partial charge in [-0.1, -0.05) is 17.7 Å². The van der Waals surface area contributed by atoms with Gasteiger partial charge >= 0.3 is 0 Å². The molecule has 3 rings (SSSR count). The summed E-state index contributed by atoms with van der Waals surface area (Å²) in [7, 11) is 0. The zero-order chi connectivity index (χ0) is 15.4. The van der Waals surface area contributed by atoms with E-state index in [1.807, 2.05) is 37.3 Å². The monoisotopic (exact) mass is 335 g/mol. The van der Waals surface area contributed by atoms with Gasteiger partial charge in [0.05, 0.1) is 17.7 Å². The standard InChI is InChI=1S/C15H14ClN3O2S/c1-10-9-11-3-2-8-17-14(11)15(18-10)19-20-21-22-13-6-4-12(16)5-7-13/h2-9,15,18-19H,1H3. The number of hydrogen-bond donors (Lipinski definition) is 2. The van der Waals surface area contributed by atoms with Crippen LogP contribution in [0.3, 0.4) is 0 Å². The van der Waals surface area contributed by atoms with E-state index in [0.29, 0.717) is 5.02 Å². The second-order valence-electron chi connectivity index (χ2n) is 4.69. The molecule has 114 valence electrons. The Hall–Kier alpha value is -1.57. The predicted octanol–water partition coefficient (Wildman–Crippen LogP) is 3.86. The molecule has 0 spiro atoms. The van der Waals surface area contributed by atoms with Crippen LogP contribution in [0.25, 0.3) is 6.08 Å². The summed E-state index contributed by atoms with van der Waals surface area (Å²) in [6.07, 6.45) is 3.50. The van der Waals surface area contributed by atoms with Crippen molar-refractivity contribution in [1.82, 2.24) is 15.8 Å². The van der Waals surface area contributed by atoms with Gasteiger partial charge < -0.3 is 5.32 Å². The van der Waals surface area contributed by atoms with Gasteiger partial charge in [0.25, 0.3) is 0 Å². The van der Waals surface area contributed by atoms with Gasteiger partial charge in [-0.2, -0.15) is 0 Å². The molecule has 0 saturated carbocycles. The zero-order valence-electron chi connectivity index (χ0n) is 11.7. The van der Waals surface area contributed by atoms with Crippen molar-refractivity contribution in [2.24, 2.45) is 0 Å². The van der Waals surface area contributed by atoms with Crippen LogP contribution in [-0.2, 0) is 9.32 Å². The maximum absolute atomic E-state index is 5.82. The second-order valence-corrected chi connectivity index (χ2v) is 5.90. The Labute approximate surface area is 137 Å². The number of pyridine rings is 1. The number of benzene rings is 1. The first kappa shape index (κ1) is 15.3. The van der Waals surface area contributed by atoms with Crippen LogP contribution in [0, 0.1) is 0 Å². The van der Waals surface area contributed by atoms with Gasteiger partial charge in [0, 0.05) is 27.4 Å². The molecule has 1 atom stereocenters. The van der Waals surface area contributed by atoms with Crippen molar-refractivity contribution in [3.05, 3.63) is 64.6 Å². The molecule has 22 heavy (non-hydrogen) atoms. The Morgan fingerprint density at radius 2 is 2.09 bits per heavy atom. The number of rotatable bonds is 5. The van der Waals surface area contributed by atoms with E-state index < -0.39 is 0 Å². The number of hydrogen-bond acceptors (Lipinski definition) is 6. The summed E-state index contributed by atoms with van der Waals surface area (Å²) >= 11 is 6.92. The molecule has 5 nitrogen and oxygen atoms in total. The van der Waals surface area contributed by atoms with Crippen molar-refractivity contribution in [1.29, 1.82) is 0 Å². The number of fused-ring (bicyclic) bond motifs is 1. The molecule has 1 aromatic carbocycles. The molecular formula is C15H14ClN3O2S. The fraction of sp³-hybridized carbons (Fsp3) is 0.133. The number of halogens is 1. The molecule has 0 amide bonds. The van der Waals surface area contributed by atoms with E-state index in [0.717, 1.165) is 33.9 Å². The van der Waals surface area contributed by atoms with Crippen LogP contribution in [0.2, 0.25) is 5.02 Å². The summed E-state index contributed by atoms with van der Waals surface area (Å²) < 4.78 is 5.09. The van der Waals surface area contributed by atoms with E-state index in [1.165, 1.54) is 0 Å². The second kappa shape index (κ2) is 7.13. The first-order chi connectivity index (χ1) is 10.7. The summed E-state index contributed by atoms with van der Waals surface area (Å²) in [6, 6.07) is 11.2. The van der Waals surface area contributed by atoms with Crippen molar-refractivity contribution in [2.45, 2.75) is 18.0 Å². The minimum absolute atomic E-state index is 0.271. The van der Waals surface area contributed by atoms with E-state index in [9.17, 15) is 0 Å². The van der Waals surface area contributed by atoms with E-state index >= 15 is 0 Å². The molecule has 2 N–H and O–H groups in total. The number of nitrogens with zero attached hydrogens (tertiary/aromatic N) is 1. The molecule has 0 bridgehead atoms. The SMILES string of the molecule is CC1=Cc2cccnc2C(NOOSc2ccc(Cl)cc2)N1. The minimum Gasteiger partial charge on any atom is -0.367 e. The number of allylic oxidation sites excluding steroid dienone is 1. The van der Waals surface area contributed by atoms with Crippen LogP contribution in [0.15, 0.2) is 53.2 Å². The third-order valence-electron chi connectivity index (χ3n) is 3.03. The maximum Gasteiger partial charge on any atom is 0.146 e. The smallest absolute Gasteiger partial charge is 0.146 e. The maximum atomic E-state index is 5.82. The minimum atomic E-state index is -0.271. The van der Waals surface area contributed by atoms with E-state index in [1.54, 1.807) is 18.3 Å². The summed E-state index contributed by atoms with van der Waals surface area (Å²) in [5.74, 6) is 0. The summed E-state index contributed by atoms with van der Waals surface area (Å²) in [5, 5.41) is 3.91.